The van der Waals surface area contributed by atoms with E-state index in [1.807, 2.05) is 0 Å². The SMILES string of the molecule is CC(CCl)NS(=O)(=O)N1CCCCCC1. The zero-order chi connectivity index (χ0) is 11.3. The molecule has 0 aromatic carbocycles. The molecule has 1 N–H and O–H groups in total. The predicted molar refractivity (Wildman–Crippen MR) is 62.3 cm³/mol. The van der Waals surface area contributed by atoms with Gasteiger partial charge < -0.3 is 0 Å². The van der Waals surface area contributed by atoms with E-state index in [-0.39, 0.29) is 6.04 Å². The minimum absolute atomic E-state index is 0.208. The second-order valence-corrected chi connectivity index (χ2v) is 6.00. The molecule has 1 rings (SSSR count). The van der Waals surface area contributed by atoms with Gasteiger partial charge in [0.05, 0.1) is 0 Å². The highest BCUT2D eigenvalue weighted by Crippen LogP contribution is 2.12. The lowest BCUT2D eigenvalue weighted by atomic mass is 10.2. The van der Waals surface area contributed by atoms with Crippen LogP contribution in [0.1, 0.15) is 32.6 Å². The summed E-state index contributed by atoms with van der Waals surface area (Å²) in [5.41, 5.74) is 0. The average molecular weight is 255 g/mol. The molecule has 1 unspecified atom stereocenters. The second-order valence-electron chi connectivity index (χ2n) is 3.99. The van der Waals surface area contributed by atoms with Crippen molar-refractivity contribution in [3.63, 3.8) is 0 Å². The van der Waals surface area contributed by atoms with Gasteiger partial charge in [-0.2, -0.15) is 17.4 Å². The summed E-state index contributed by atoms with van der Waals surface area (Å²) in [4.78, 5) is 0. The standard InChI is InChI=1S/C9H19ClN2O2S/c1-9(8-10)11-15(13,14)12-6-4-2-3-5-7-12/h9,11H,2-8H2,1H3. The first-order valence-corrected chi connectivity index (χ1v) is 7.37. The van der Waals surface area contributed by atoms with Crippen molar-refractivity contribution in [1.29, 1.82) is 0 Å². The summed E-state index contributed by atoms with van der Waals surface area (Å²) in [5, 5.41) is 0. The molecule has 1 aliphatic heterocycles. The first kappa shape index (κ1) is 13.2. The van der Waals surface area contributed by atoms with Gasteiger partial charge in [-0.3, -0.25) is 0 Å². The average Bonchev–Trinajstić information content (AvgIpc) is 2.45. The van der Waals surface area contributed by atoms with Crippen LogP contribution in [0, 0.1) is 0 Å². The lowest BCUT2D eigenvalue weighted by molar-refractivity contribution is 0.411. The highest BCUT2D eigenvalue weighted by Gasteiger charge is 2.23. The molecule has 1 atom stereocenters. The fourth-order valence-corrected chi connectivity index (χ4v) is 3.29. The molecule has 0 spiro atoms. The Hall–Kier alpha value is 0.160. The summed E-state index contributed by atoms with van der Waals surface area (Å²) in [6.45, 7) is 3.02. The summed E-state index contributed by atoms with van der Waals surface area (Å²) >= 11 is 5.58. The molecule has 0 aromatic heterocycles. The largest absolute Gasteiger partial charge is 0.279 e. The zero-order valence-electron chi connectivity index (χ0n) is 9.08. The van der Waals surface area contributed by atoms with Crippen LogP contribution in [0.3, 0.4) is 0 Å². The zero-order valence-corrected chi connectivity index (χ0v) is 10.6. The lowest BCUT2D eigenvalue weighted by Gasteiger charge is -2.22. The van der Waals surface area contributed by atoms with E-state index >= 15 is 0 Å². The summed E-state index contributed by atoms with van der Waals surface area (Å²) in [5.74, 6) is 0.299. The Morgan fingerprint density at radius 1 is 1.27 bits per heavy atom. The van der Waals surface area contributed by atoms with E-state index in [1.165, 1.54) is 4.31 Å². The Labute approximate surface area is 97.2 Å². The van der Waals surface area contributed by atoms with Crippen molar-refractivity contribution in [2.75, 3.05) is 19.0 Å². The van der Waals surface area contributed by atoms with Crippen molar-refractivity contribution in [2.45, 2.75) is 38.6 Å². The van der Waals surface area contributed by atoms with Crippen LogP contribution in [0.5, 0.6) is 0 Å². The fraction of sp³-hybridized carbons (Fsp3) is 1.00. The van der Waals surface area contributed by atoms with Crippen LogP contribution in [-0.2, 0) is 10.2 Å². The quantitative estimate of drug-likeness (QED) is 0.770. The molecule has 90 valence electrons. The Balaban J connectivity index is 2.58. The van der Waals surface area contributed by atoms with Crippen molar-refractivity contribution >= 4 is 21.8 Å². The molecule has 1 fully saturated rings. The number of hydrogen-bond donors (Lipinski definition) is 1. The molecule has 1 heterocycles. The van der Waals surface area contributed by atoms with E-state index in [1.54, 1.807) is 6.92 Å². The monoisotopic (exact) mass is 254 g/mol. The molecule has 0 amide bonds. The summed E-state index contributed by atoms with van der Waals surface area (Å²) in [6, 6.07) is -0.208. The van der Waals surface area contributed by atoms with Gasteiger partial charge in [-0.05, 0) is 19.8 Å². The molecular weight excluding hydrogens is 236 g/mol. The molecular formula is C9H19ClN2O2S. The van der Waals surface area contributed by atoms with Gasteiger partial charge in [0.2, 0.25) is 0 Å². The Bertz CT molecular complexity index is 274. The Morgan fingerprint density at radius 2 is 1.80 bits per heavy atom. The lowest BCUT2D eigenvalue weighted by Crippen LogP contribution is -2.45. The predicted octanol–water partition coefficient (Wildman–Crippen LogP) is 1.32. The minimum Gasteiger partial charge on any atom is -0.198 e. The first-order chi connectivity index (χ1) is 7.06. The van der Waals surface area contributed by atoms with Crippen molar-refractivity contribution in [2.24, 2.45) is 0 Å². The first-order valence-electron chi connectivity index (χ1n) is 5.39. The highest BCUT2D eigenvalue weighted by atomic mass is 35.5. The Kier molecular flexibility index (Phi) is 5.32. The minimum atomic E-state index is -3.32. The van der Waals surface area contributed by atoms with E-state index in [9.17, 15) is 8.42 Å². The molecule has 6 heteroatoms. The van der Waals surface area contributed by atoms with E-state index in [2.05, 4.69) is 4.72 Å². The number of hydrogen-bond acceptors (Lipinski definition) is 2. The Morgan fingerprint density at radius 3 is 2.27 bits per heavy atom. The second kappa shape index (κ2) is 6.03. The van der Waals surface area contributed by atoms with Crippen LogP contribution in [0.2, 0.25) is 0 Å². The molecule has 0 radical (unpaired) electrons. The third kappa shape index (κ3) is 4.26. The molecule has 0 saturated carbocycles. The van der Waals surface area contributed by atoms with Crippen molar-refractivity contribution in [1.82, 2.24) is 9.03 Å². The molecule has 0 aromatic rings. The van der Waals surface area contributed by atoms with E-state index < -0.39 is 10.2 Å². The van der Waals surface area contributed by atoms with Gasteiger partial charge in [-0.1, -0.05) is 12.8 Å². The van der Waals surface area contributed by atoms with Crippen LogP contribution in [0.4, 0.5) is 0 Å². The van der Waals surface area contributed by atoms with Crippen molar-refractivity contribution < 1.29 is 8.42 Å². The van der Waals surface area contributed by atoms with Crippen molar-refractivity contribution in [3.05, 3.63) is 0 Å². The van der Waals surface area contributed by atoms with Gasteiger partial charge in [-0.25, -0.2) is 0 Å². The van der Waals surface area contributed by atoms with Crippen LogP contribution >= 0.6 is 11.6 Å². The smallest absolute Gasteiger partial charge is 0.198 e. The van der Waals surface area contributed by atoms with Crippen LogP contribution in [-0.4, -0.2) is 37.7 Å². The van der Waals surface area contributed by atoms with Gasteiger partial charge in [0.1, 0.15) is 0 Å². The maximum Gasteiger partial charge on any atom is 0.279 e. The number of halogens is 1. The summed E-state index contributed by atoms with van der Waals surface area (Å²) in [7, 11) is -3.32. The van der Waals surface area contributed by atoms with E-state index in [4.69, 9.17) is 11.6 Å². The van der Waals surface area contributed by atoms with Crippen molar-refractivity contribution in [3.8, 4) is 0 Å². The van der Waals surface area contributed by atoms with Crippen LogP contribution in [0.15, 0.2) is 0 Å². The molecule has 1 saturated heterocycles. The molecule has 0 bridgehead atoms. The number of nitrogens with one attached hydrogen (secondary N) is 1. The molecule has 0 aliphatic carbocycles. The maximum atomic E-state index is 11.9. The van der Waals surface area contributed by atoms with E-state index in [0.29, 0.717) is 19.0 Å². The van der Waals surface area contributed by atoms with Gasteiger partial charge in [0.25, 0.3) is 10.2 Å². The fourth-order valence-electron chi connectivity index (χ4n) is 1.64. The van der Waals surface area contributed by atoms with Crippen LogP contribution in [0.25, 0.3) is 0 Å². The third-order valence-electron chi connectivity index (χ3n) is 2.49. The molecule has 1 aliphatic rings. The third-order valence-corrected chi connectivity index (χ3v) is 4.69. The molecule has 15 heavy (non-hydrogen) atoms. The summed E-state index contributed by atoms with van der Waals surface area (Å²) in [6.07, 6.45) is 4.15. The number of nitrogens with zero attached hydrogens (tertiary/aromatic N) is 1. The van der Waals surface area contributed by atoms with Gasteiger partial charge >= 0.3 is 0 Å². The van der Waals surface area contributed by atoms with E-state index in [0.717, 1.165) is 25.7 Å². The normalized spacial score (nSPS) is 22.3. The highest BCUT2D eigenvalue weighted by molar-refractivity contribution is 7.87. The topological polar surface area (TPSA) is 49.4 Å². The van der Waals surface area contributed by atoms with Gasteiger partial charge in [-0.15, -0.1) is 11.6 Å². The number of rotatable bonds is 4. The van der Waals surface area contributed by atoms with Crippen LogP contribution < -0.4 is 4.72 Å². The molecule has 4 nitrogen and oxygen atoms in total. The maximum absolute atomic E-state index is 11.9. The number of alkyl halides is 1. The summed E-state index contributed by atoms with van der Waals surface area (Å²) < 4.78 is 27.8. The van der Waals surface area contributed by atoms with Gasteiger partial charge in [0.15, 0.2) is 0 Å². The van der Waals surface area contributed by atoms with Gasteiger partial charge in [0, 0.05) is 25.0 Å².